The van der Waals surface area contributed by atoms with Crippen LogP contribution in [0.2, 0.25) is 0 Å². The van der Waals surface area contributed by atoms with E-state index in [1.54, 1.807) is 5.38 Å². The second-order valence-corrected chi connectivity index (χ2v) is 5.79. The minimum absolute atomic E-state index is 0. The zero-order valence-electron chi connectivity index (χ0n) is 11.9. The van der Waals surface area contributed by atoms with E-state index in [9.17, 15) is 4.79 Å². The monoisotopic (exact) mass is 340 g/mol. The highest BCUT2D eigenvalue weighted by Gasteiger charge is 2.13. The first-order valence-electron chi connectivity index (χ1n) is 6.80. The minimum atomic E-state index is -0.984. The summed E-state index contributed by atoms with van der Waals surface area (Å²) >= 11 is 1.36. The van der Waals surface area contributed by atoms with E-state index >= 15 is 0 Å². The molecule has 3 rings (SSSR count). The normalized spacial score (nSPS) is 15.3. The highest BCUT2D eigenvalue weighted by Crippen LogP contribution is 2.25. The second-order valence-electron chi connectivity index (χ2n) is 4.93. The molecule has 7 heteroatoms. The number of aromatic carboxylic acids is 1. The summed E-state index contributed by atoms with van der Waals surface area (Å²) in [5, 5.41) is 11.3. The van der Waals surface area contributed by atoms with Crippen LogP contribution in [0.3, 0.4) is 0 Å². The summed E-state index contributed by atoms with van der Waals surface area (Å²) in [6.07, 6.45) is 0. The summed E-state index contributed by atoms with van der Waals surface area (Å²) in [7, 11) is 0. The molecule has 5 nitrogen and oxygen atoms in total. The molecule has 2 heterocycles. The van der Waals surface area contributed by atoms with Crippen LogP contribution in [-0.2, 0) is 11.3 Å². The maximum atomic E-state index is 10.9. The Morgan fingerprint density at radius 2 is 2.14 bits per heavy atom. The van der Waals surface area contributed by atoms with Crippen LogP contribution in [0.5, 0.6) is 0 Å². The number of morpholine rings is 1. The zero-order valence-corrected chi connectivity index (χ0v) is 13.5. The van der Waals surface area contributed by atoms with Gasteiger partial charge in [0.1, 0.15) is 5.01 Å². The Labute approximate surface area is 139 Å². The summed E-state index contributed by atoms with van der Waals surface area (Å²) in [6.45, 7) is 4.35. The Hall–Kier alpha value is -1.47. The van der Waals surface area contributed by atoms with Gasteiger partial charge in [-0.15, -0.1) is 23.7 Å². The molecule has 1 N–H and O–H groups in total. The average molecular weight is 341 g/mol. The van der Waals surface area contributed by atoms with Crippen LogP contribution in [0, 0.1) is 0 Å². The number of rotatable bonds is 4. The molecule has 1 aliphatic heterocycles. The fourth-order valence-electron chi connectivity index (χ4n) is 2.32. The van der Waals surface area contributed by atoms with Crippen molar-refractivity contribution in [2.45, 2.75) is 6.54 Å². The lowest BCUT2D eigenvalue weighted by atomic mass is 10.1. The van der Waals surface area contributed by atoms with Crippen molar-refractivity contribution in [3.05, 3.63) is 40.9 Å². The first-order chi connectivity index (χ1) is 10.2. The number of hydrogen-bond donors (Lipinski definition) is 1. The highest BCUT2D eigenvalue weighted by molar-refractivity contribution is 7.13. The third kappa shape index (κ3) is 4.04. The predicted octanol–water partition coefficient (Wildman–Crippen LogP) is 2.76. The van der Waals surface area contributed by atoms with Crippen molar-refractivity contribution < 1.29 is 14.6 Å². The Bertz CT molecular complexity index is 641. The lowest BCUT2D eigenvalue weighted by Gasteiger charge is -2.26. The van der Waals surface area contributed by atoms with Crippen molar-refractivity contribution >= 4 is 29.7 Å². The Morgan fingerprint density at radius 1 is 1.36 bits per heavy atom. The number of hydrogen-bond acceptors (Lipinski definition) is 5. The standard InChI is InChI=1S/C15H16N2O3S.ClH/c18-15(19)13-10-21-14(16-13)12-3-1-2-11(8-12)9-17-4-6-20-7-5-17;/h1-3,8,10H,4-7,9H2,(H,18,19);1H. The Morgan fingerprint density at radius 3 is 2.82 bits per heavy atom. The topological polar surface area (TPSA) is 62.7 Å². The van der Waals surface area contributed by atoms with Gasteiger partial charge in [0.05, 0.1) is 13.2 Å². The average Bonchev–Trinajstić information content (AvgIpc) is 2.99. The van der Waals surface area contributed by atoms with Crippen LogP contribution in [-0.4, -0.2) is 47.3 Å². The van der Waals surface area contributed by atoms with E-state index in [0.717, 1.165) is 43.4 Å². The SMILES string of the molecule is Cl.O=C(O)c1csc(-c2cccc(CN3CCOCC3)c2)n1. The molecule has 118 valence electrons. The summed E-state index contributed by atoms with van der Waals surface area (Å²) in [4.78, 5) is 17.4. The van der Waals surface area contributed by atoms with Gasteiger partial charge in [-0.05, 0) is 11.6 Å². The number of carboxylic acid groups (broad SMARTS) is 1. The lowest BCUT2D eigenvalue weighted by Crippen LogP contribution is -2.35. The van der Waals surface area contributed by atoms with E-state index in [2.05, 4.69) is 22.0 Å². The molecule has 0 radical (unpaired) electrons. The fraction of sp³-hybridized carbons (Fsp3) is 0.333. The Balaban J connectivity index is 0.00000176. The van der Waals surface area contributed by atoms with Crippen LogP contribution in [0.25, 0.3) is 10.6 Å². The van der Waals surface area contributed by atoms with Crippen LogP contribution in [0.4, 0.5) is 0 Å². The molecular weight excluding hydrogens is 324 g/mol. The molecule has 1 fully saturated rings. The molecule has 1 aromatic carbocycles. The van der Waals surface area contributed by atoms with Gasteiger partial charge in [0, 0.05) is 30.6 Å². The molecule has 1 saturated heterocycles. The molecule has 0 amide bonds. The summed E-state index contributed by atoms with van der Waals surface area (Å²) < 4.78 is 5.35. The third-order valence-corrected chi connectivity index (χ3v) is 4.30. The van der Waals surface area contributed by atoms with E-state index in [4.69, 9.17) is 9.84 Å². The maximum Gasteiger partial charge on any atom is 0.355 e. The molecule has 0 atom stereocenters. The van der Waals surface area contributed by atoms with Gasteiger partial charge in [-0.3, -0.25) is 4.90 Å². The Kier molecular flexibility index (Phi) is 5.90. The number of nitrogens with zero attached hydrogens (tertiary/aromatic N) is 2. The van der Waals surface area contributed by atoms with Crippen molar-refractivity contribution in [2.24, 2.45) is 0 Å². The van der Waals surface area contributed by atoms with Gasteiger partial charge in [-0.1, -0.05) is 18.2 Å². The van der Waals surface area contributed by atoms with Crippen LogP contribution in [0.15, 0.2) is 29.6 Å². The summed E-state index contributed by atoms with van der Waals surface area (Å²) in [6, 6.07) is 8.13. The molecule has 0 aliphatic carbocycles. The molecular formula is C15H17ClN2O3S. The number of carbonyl (C=O) groups is 1. The molecule has 0 bridgehead atoms. The predicted molar refractivity (Wildman–Crippen MR) is 87.9 cm³/mol. The molecule has 1 aromatic heterocycles. The van der Waals surface area contributed by atoms with Crippen molar-refractivity contribution in [3.63, 3.8) is 0 Å². The van der Waals surface area contributed by atoms with Gasteiger partial charge in [0.2, 0.25) is 0 Å². The van der Waals surface area contributed by atoms with Gasteiger partial charge < -0.3 is 9.84 Å². The fourth-order valence-corrected chi connectivity index (χ4v) is 3.12. The number of aromatic nitrogens is 1. The van der Waals surface area contributed by atoms with Gasteiger partial charge in [0.15, 0.2) is 5.69 Å². The molecule has 22 heavy (non-hydrogen) atoms. The van der Waals surface area contributed by atoms with Gasteiger partial charge in [-0.25, -0.2) is 9.78 Å². The zero-order chi connectivity index (χ0) is 14.7. The van der Waals surface area contributed by atoms with Crippen molar-refractivity contribution in [2.75, 3.05) is 26.3 Å². The van der Waals surface area contributed by atoms with E-state index in [1.807, 2.05) is 12.1 Å². The van der Waals surface area contributed by atoms with Gasteiger partial charge in [-0.2, -0.15) is 0 Å². The summed E-state index contributed by atoms with van der Waals surface area (Å²) in [5.74, 6) is -0.984. The number of thiazole rings is 1. The quantitative estimate of drug-likeness (QED) is 0.927. The van der Waals surface area contributed by atoms with Crippen LogP contribution in [0.1, 0.15) is 16.1 Å². The lowest BCUT2D eigenvalue weighted by molar-refractivity contribution is 0.0342. The van der Waals surface area contributed by atoms with Gasteiger partial charge in [0.25, 0.3) is 0 Å². The highest BCUT2D eigenvalue weighted by atomic mass is 35.5. The van der Waals surface area contributed by atoms with E-state index in [-0.39, 0.29) is 18.1 Å². The molecule has 0 unspecified atom stereocenters. The molecule has 2 aromatic rings. The second kappa shape index (κ2) is 7.69. The summed E-state index contributed by atoms with van der Waals surface area (Å²) in [5.41, 5.74) is 2.29. The van der Waals surface area contributed by atoms with E-state index in [0.29, 0.717) is 0 Å². The van der Waals surface area contributed by atoms with Crippen molar-refractivity contribution in [1.29, 1.82) is 0 Å². The minimum Gasteiger partial charge on any atom is -0.476 e. The van der Waals surface area contributed by atoms with Crippen LogP contribution < -0.4 is 0 Å². The van der Waals surface area contributed by atoms with Crippen LogP contribution >= 0.6 is 23.7 Å². The maximum absolute atomic E-state index is 10.9. The van der Waals surface area contributed by atoms with E-state index < -0.39 is 5.97 Å². The largest absolute Gasteiger partial charge is 0.476 e. The molecule has 0 saturated carbocycles. The first-order valence-corrected chi connectivity index (χ1v) is 7.68. The number of carboxylic acids is 1. The van der Waals surface area contributed by atoms with Crippen molar-refractivity contribution in [1.82, 2.24) is 9.88 Å². The molecule has 1 aliphatic rings. The number of halogens is 1. The third-order valence-electron chi connectivity index (χ3n) is 3.41. The van der Waals surface area contributed by atoms with E-state index in [1.165, 1.54) is 16.9 Å². The number of benzene rings is 1. The first kappa shape index (κ1) is 16.9. The van der Waals surface area contributed by atoms with Gasteiger partial charge >= 0.3 is 5.97 Å². The molecule has 0 spiro atoms. The van der Waals surface area contributed by atoms with Crippen molar-refractivity contribution in [3.8, 4) is 10.6 Å². The smallest absolute Gasteiger partial charge is 0.355 e. The number of ether oxygens (including phenoxy) is 1.